The van der Waals surface area contributed by atoms with Gasteiger partial charge < -0.3 is 4.74 Å². The molecule has 0 amide bonds. The van der Waals surface area contributed by atoms with E-state index in [4.69, 9.17) is 10.00 Å². The Hall–Kier alpha value is -2.60. The Kier molecular flexibility index (Phi) is 5.54. The highest BCUT2D eigenvalue weighted by Crippen LogP contribution is 2.13. The Morgan fingerprint density at radius 1 is 1.00 bits per heavy atom. The van der Waals surface area contributed by atoms with Crippen LogP contribution in [0.1, 0.15) is 35.2 Å². The summed E-state index contributed by atoms with van der Waals surface area (Å²) in [6.45, 7) is 0.577. The molecule has 0 aromatic heterocycles. The molecule has 0 bridgehead atoms. The van der Waals surface area contributed by atoms with Gasteiger partial charge in [-0.1, -0.05) is 30.3 Å². The summed E-state index contributed by atoms with van der Waals surface area (Å²) in [6.07, 6.45) is 2.18. The summed E-state index contributed by atoms with van der Waals surface area (Å²) in [5.74, 6) is 0.928. The highest BCUT2D eigenvalue weighted by molar-refractivity contribution is 5.95. The monoisotopic (exact) mass is 279 g/mol. The number of carbonyl (C=O) groups is 1. The molecule has 0 radical (unpaired) electrons. The lowest BCUT2D eigenvalue weighted by Gasteiger charge is -2.06. The van der Waals surface area contributed by atoms with Crippen LogP contribution < -0.4 is 4.74 Å². The van der Waals surface area contributed by atoms with Gasteiger partial charge in [0, 0.05) is 12.0 Å². The molecule has 0 aliphatic rings. The Morgan fingerprint density at radius 2 is 1.71 bits per heavy atom. The predicted molar refractivity (Wildman–Crippen MR) is 81.3 cm³/mol. The first-order valence-corrected chi connectivity index (χ1v) is 7.01. The maximum Gasteiger partial charge on any atom is 0.162 e. The molecule has 0 spiro atoms. The molecule has 0 fully saturated rings. The highest BCUT2D eigenvalue weighted by atomic mass is 16.5. The number of nitrogens with zero attached hydrogens (tertiary/aromatic N) is 1. The van der Waals surface area contributed by atoms with Gasteiger partial charge in [-0.25, -0.2) is 0 Å². The van der Waals surface area contributed by atoms with Crippen molar-refractivity contribution in [2.75, 3.05) is 6.61 Å². The lowest BCUT2D eigenvalue weighted by molar-refractivity contribution is 0.0978. The molecule has 3 heteroatoms. The van der Waals surface area contributed by atoms with Gasteiger partial charge >= 0.3 is 0 Å². The van der Waals surface area contributed by atoms with Crippen molar-refractivity contribution in [1.29, 1.82) is 5.26 Å². The van der Waals surface area contributed by atoms with E-state index in [9.17, 15) is 4.79 Å². The second kappa shape index (κ2) is 7.86. The van der Waals surface area contributed by atoms with E-state index in [-0.39, 0.29) is 5.78 Å². The molecule has 0 aliphatic heterocycles. The van der Waals surface area contributed by atoms with Crippen LogP contribution in [0.5, 0.6) is 5.75 Å². The average molecular weight is 279 g/mol. The zero-order chi connectivity index (χ0) is 14.9. The summed E-state index contributed by atoms with van der Waals surface area (Å²) < 4.78 is 5.57. The third-order valence-corrected chi connectivity index (χ3v) is 3.15. The van der Waals surface area contributed by atoms with Gasteiger partial charge in [0.05, 0.1) is 18.2 Å². The molecular weight excluding hydrogens is 262 g/mol. The molecule has 106 valence electrons. The molecule has 0 aliphatic carbocycles. The number of Topliss-reactive ketones (excluding diaryl/α,β-unsaturated/α-hetero) is 1. The largest absolute Gasteiger partial charge is 0.494 e. The van der Waals surface area contributed by atoms with Crippen LogP contribution >= 0.6 is 0 Å². The van der Waals surface area contributed by atoms with Crippen molar-refractivity contribution in [3.63, 3.8) is 0 Å². The fourth-order valence-electron chi connectivity index (χ4n) is 1.97. The molecule has 0 unspecified atom stereocenters. The smallest absolute Gasteiger partial charge is 0.162 e. The summed E-state index contributed by atoms with van der Waals surface area (Å²) in [7, 11) is 0. The summed E-state index contributed by atoms with van der Waals surface area (Å²) in [4.78, 5) is 11.9. The Bertz CT molecular complexity index is 612. The predicted octanol–water partition coefficient (Wildman–Crippen LogP) is 3.99. The number of benzene rings is 2. The van der Waals surface area contributed by atoms with E-state index >= 15 is 0 Å². The number of hydrogen-bond acceptors (Lipinski definition) is 3. The van der Waals surface area contributed by atoms with Crippen molar-refractivity contribution >= 4 is 5.78 Å². The van der Waals surface area contributed by atoms with Gasteiger partial charge in [0.1, 0.15) is 5.75 Å². The van der Waals surface area contributed by atoms with Crippen LogP contribution in [-0.4, -0.2) is 12.4 Å². The molecule has 0 heterocycles. The van der Waals surface area contributed by atoms with E-state index in [1.165, 1.54) is 0 Å². The zero-order valence-corrected chi connectivity index (χ0v) is 11.8. The quantitative estimate of drug-likeness (QED) is 0.568. The van der Waals surface area contributed by atoms with Crippen molar-refractivity contribution in [3.8, 4) is 11.8 Å². The van der Waals surface area contributed by atoms with E-state index < -0.39 is 0 Å². The van der Waals surface area contributed by atoms with E-state index in [1.807, 2.05) is 30.3 Å². The van der Waals surface area contributed by atoms with Crippen LogP contribution in [-0.2, 0) is 0 Å². The van der Waals surface area contributed by atoms with E-state index in [0.717, 1.165) is 24.2 Å². The maximum atomic E-state index is 11.9. The lowest BCUT2D eigenvalue weighted by Crippen LogP contribution is -2.02. The van der Waals surface area contributed by atoms with E-state index in [2.05, 4.69) is 6.07 Å². The van der Waals surface area contributed by atoms with Gasteiger partial charge in [-0.05, 0) is 37.1 Å². The first kappa shape index (κ1) is 14.8. The summed E-state index contributed by atoms with van der Waals surface area (Å²) in [6, 6.07) is 18.4. The van der Waals surface area contributed by atoms with Crippen LogP contribution in [0.2, 0.25) is 0 Å². The van der Waals surface area contributed by atoms with Crippen molar-refractivity contribution in [2.24, 2.45) is 0 Å². The van der Waals surface area contributed by atoms with Crippen molar-refractivity contribution in [3.05, 3.63) is 65.7 Å². The SMILES string of the molecule is N#Cc1ccc(OCCCCC(=O)c2ccccc2)cc1. The van der Waals surface area contributed by atoms with Gasteiger partial charge in [-0.15, -0.1) is 0 Å². The normalized spacial score (nSPS) is 9.86. The third kappa shape index (κ3) is 4.77. The van der Waals surface area contributed by atoms with Gasteiger partial charge in [0.15, 0.2) is 5.78 Å². The highest BCUT2D eigenvalue weighted by Gasteiger charge is 2.04. The number of unbranched alkanes of at least 4 members (excludes halogenated alkanes) is 1. The molecule has 0 atom stereocenters. The fraction of sp³-hybridized carbons (Fsp3) is 0.222. The number of ketones is 1. The second-order valence-corrected chi connectivity index (χ2v) is 4.73. The van der Waals surface area contributed by atoms with Crippen LogP contribution in [0.15, 0.2) is 54.6 Å². The van der Waals surface area contributed by atoms with Crippen molar-refractivity contribution in [1.82, 2.24) is 0 Å². The van der Waals surface area contributed by atoms with Crippen LogP contribution in [0.3, 0.4) is 0 Å². The molecule has 3 nitrogen and oxygen atoms in total. The minimum absolute atomic E-state index is 0.175. The standard InChI is InChI=1S/C18H17NO2/c19-14-15-9-11-17(12-10-15)21-13-5-4-8-18(20)16-6-2-1-3-7-16/h1-3,6-7,9-12H,4-5,8,13H2. The maximum absolute atomic E-state index is 11.9. The minimum Gasteiger partial charge on any atom is -0.494 e. The number of nitriles is 1. The van der Waals surface area contributed by atoms with Crippen molar-refractivity contribution < 1.29 is 9.53 Å². The Balaban J connectivity index is 1.66. The molecular formula is C18H17NO2. The van der Waals surface area contributed by atoms with Crippen LogP contribution in [0.4, 0.5) is 0 Å². The summed E-state index contributed by atoms with van der Waals surface area (Å²) >= 11 is 0. The number of ether oxygens (including phenoxy) is 1. The number of carbonyl (C=O) groups excluding carboxylic acids is 1. The molecule has 0 saturated heterocycles. The van der Waals surface area contributed by atoms with E-state index in [1.54, 1.807) is 24.3 Å². The molecule has 2 rings (SSSR count). The lowest BCUT2D eigenvalue weighted by atomic mass is 10.1. The van der Waals surface area contributed by atoms with E-state index in [0.29, 0.717) is 18.6 Å². The molecule has 0 saturated carbocycles. The van der Waals surface area contributed by atoms with Gasteiger partial charge in [-0.3, -0.25) is 4.79 Å². The zero-order valence-electron chi connectivity index (χ0n) is 11.8. The molecule has 0 N–H and O–H groups in total. The fourth-order valence-corrected chi connectivity index (χ4v) is 1.97. The molecule has 2 aromatic carbocycles. The first-order chi connectivity index (χ1) is 10.3. The Morgan fingerprint density at radius 3 is 2.38 bits per heavy atom. The average Bonchev–Trinajstić information content (AvgIpc) is 2.55. The third-order valence-electron chi connectivity index (χ3n) is 3.15. The summed E-state index contributed by atoms with van der Waals surface area (Å²) in [5, 5.41) is 8.70. The molecule has 21 heavy (non-hydrogen) atoms. The van der Waals surface area contributed by atoms with Gasteiger partial charge in [-0.2, -0.15) is 5.26 Å². The summed E-state index contributed by atoms with van der Waals surface area (Å²) in [5.41, 5.74) is 1.39. The Labute approximate surface area is 124 Å². The van der Waals surface area contributed by atoms with Crippen LogP contribution in [0, 0.1) is 11.3 Å². The van der Waals surface area contributed by atoms with Crippen molar-refractivity contribution in [2.45, 2.75) is 19.3 Å². The second-order valence-electron chi connectivity index (χ2n) is 4.73. The topological polar surface area (TPSA) is 50.1 Å². The molecule has 2 aromatic rings. The number of hydrogen-bond donors (Lipinski definition) is 0. The minimum atomic E-state index is 0.175. The van der Waals surface area contributed by atoms with Crippen LogP contribution in [0.25, 0.3) is 0 Å². The van der Waals surface area contributed by atoms with Gasteiger partial charge in [0.2, 0.25) is 0 Å². The number of rotatable bonds is 7. The first-order valence-electron chi connectivity index (χ1n) is 7.01. The van der Waals surface area contributed by atoms with Gasteiger partial charge in [0.25, 0.3) is 0 Å².